The van der Waals surface area contributed by atoms with Gasteiger partial charge in [0.15, 0.2) is 11.6 Å². The topological polar surface area (TPSA) is 157 Å². The van der Waals surface area contributed by atoms with Crippen LogP contribution in [0.5, 0.6) is 0 Å². The van der Waals surface area contributed by atoms with E-state index in [2.05, 4.69) is 15.0 Å². The maximum absolute atomic E-state index is 14.0. The van der Waals surface area contributed by atoms with Gasteiger partial charge in [-0.05, 0) is 71.2 Å². The van der Waals surface area contributed by atoms with Crippen molar-refractivity contribution in [3.05, 3.63) is 53.6 Å². The lowest BCUT2D eigenvalue weighted by Gasteiger charge is -2.38. The van der Waals surface area contributed by atoms with Gasteiger partial charge in [0, 0.05) is 17.7 Å². The maximum atomic E-state index is 14.0. The first-order valence-corrected chi connectivity index (χ1v) is 14.7. The number of carbonyl (C=O) groups excluding carboxylic acids is 4. The van der Waals surface area contributed by atoms with Crippen molar-refractivity contribution in [1.29, 1.82) is 0 Å². The standard InChI is InChI=1S/C29H33N3O8S/c1-6-39-22(33)12-9-15-29(5)19-11-8-7-10-18(19)24(34)23(25(29)35)26-31-20-14-13-17(16-21(20)41(37,38)32-26)30-27(36)40-28(2,3)4/h7-8,10-11,13-14,16,23H,6,9,12,15H2,1-5H3,(H,30,36)(H,31,32). The van der Waals surface area contributed by atoms with Crippen molar-refractivity contribution in [2.75, 3.05) is 17.2 Å². The van der Waals surface area contributed by atoms with Gasteiger partial charge in [0.2, 0.25) is 0 Å². The van der Waals surface area contributed by atoms with Crippen LogP contribution in [-0.4, -0.2) is 50.1 Å². The van der Waals surface area contributed by atoms with Crippen molar-refractivity contribution >= 4 is 50.9 Å². The number of nitrogens with one attached hydrogen (secondary N) is 2. The molecule has 2 unspecified atom stereocenters. The lowest BCUT2D eigenvalue weighted by atomic mass is 9.63. The molecule has 0 aromatic heterocycles. The van der Waals surface area contributed by atoms with E-state index in [1.54, 1.807) is 58.9 Å². The second-order valence-electron chi connectivity index (χ2n) is 11.1. The zero-order valence-electron chi connectivity index (χ0n) is 23.6. The third kappa shape index (κ3) is 6.17. The first kappa shape index (κ1) is 29.9. The van der Waals surface area contributed by atoms with Crippen LogP contribution >= 0.6 is 0 Å². The molecular formula is C29H33N3O8S. The molecule has 218 valence electrons. The predicted molar refractivity (Wildman–Crippen MR) is 152 cm³/mol. The van der Waals surface area contributed by atoms with E-state index in [4.69, 9.17) is 9.47 Å². The Morgan fingerprint density at radius 1 is 1.12 bits per heavy atom. The Hall–Kier alpha value is -4.06. The van der Waals surface area contributed by atoms with Crippen molar-refractivity contribution in [2.24, 2.45) is 10.3 Å². The molecule has 11 nitrogen and oxygen atoms in total. The number of nitrogens with zero attached hydrogens (tertiary/aromatic N) is 1. The normalized spacial score (nSPS) is 21.1. The Bertz CT molecular complexity index is 1560. The smallest absolute Gasteiger partial charge is 0.412 e. The third-order valence-electron chi connectivity index (χ3n) is 6.88. The van der Waals surface area contributed by atoms with E-state index < -0.39 is 44.6 Å². The molecule has 1 aliphatic heterocycles. The van der Waals surface area contributed by atoms with Gasteiger partial charge in [-0.1, -0.05) is 24.3 Å². The second-order valence-corrected chi connectivity index (χ2v) is 12.7. The summed E-state index contributed by atoms with van der Waals surface area (Å²) in [5.74, 6) is -3.27. The number of amides is 1. The third-order valence-corrected chi connectivity index (χ3v) is 8.21. The van der Waals surface area contributed by atoms with Gasteiger partial charge in [0.1, 0.15) is 22.3 Å². The summed E-state index contributed by atoms with van der Waals surface area (Å²) in [6.07, 6.45) is -0.105. The van der Waals surface area contributed by atoms with E-state index in [-0.39, 0.29) is 47.5 Å². The number of ether oxygens (including phenoxy) is 2. The summed E-state index contributed by atoms with van der Waals surface area (Å²) in [6.45, 7) is 8.73. The van der Waals surface area contributed by atoms with Crippen LogP contribution in [-0.2, 0) is 34.5 Å². The van der Waals surface area contributed by atoms with E-state index in [9.17, 15) is 27.6 Å². The fourth-order valence-corrected chi connectivity index (χ4v) is 6.21. The van der Waals surface area contributed by atoms with Gasteiger partial charge < -0.3 is 14.8 Å². The molecule has 0 bridgehead atoms. The van der Waals surface area contributed by atoms with Gasteiger partial charge in [-0.2, -0.15) is 8.42 Å². The number of Topliss-reactive ketones (excluding diaryl/α,β-unsaturated/α-hetero) is 2. The number of sulfonamides is 1. The Balaban J connectivity index is 1.66. The molecule has 0 radical (unpaired) electrons. The number of fused-ring (bicyclic) bond motifs is 2. The Kier molecular flexibility index (Phi) is 8.08. The largest absolute Gasteiger partial charge is 0.466 e. The molecule has 1 heterocycles. The number of ketones is 2. The molecular weight excluding hydrogens is 550 g/mol. The summed E-state index contributed by atoms with van der Waals surface area (Å²) in [7, 11) is -4.36. The SMILES string of the molecule is CCOC(=O)CCCC1(C)C(=O)C(C2=NS(=O)(=O)c3cc(NC(=O)OC(C)(C)C)ccc3N2)C(=O)c2ccccc21. The summed E-state index contributed by atoms with van der Waals surface area (Å²) >= 11 is 0. The molecule has 2 atom stereocenters. The van der Waals surface area contributed by atoms with Crippen LogP contribution in [0.25, 0.3) is 0 Å². The molecule has 41 heavy (non-hydrogen) atoms. The first-order chi connectivity index (χ1) is 19.2. The molecule has 0 saturated heterocycles. The van der Waals surface area contributed by atoms with Crippen LogP contribution in [0.15, 0.2) is 51.8 Å². The number of anilines is 2. The number of benzene rings is 2. The first-order valence-electron chi connectivity index (χ1n) is 13.3. The molecule has 4 rings (SSSR count). The number of hydrogen-bond acceptors (Lipinski definition) is 9. The van der Waals surface area contributed by atoms with Crippen molar-refractivity contribution in [3.63, 3.8) is 0 Å². The maximum Gasteiger partial charge on any atom is 0.412 e. The number of rotatable bonds is 7. The molecule has 2 aromatic carbocycles. The van der Waals surface area contributed by atoms with E-state index in [0.717, 1.165) is 0 Å². The predicted octanol–water partition coefficient (Wildman–Crippen LogP) is 4.62. The molecule has 0 spiro atoms. The minimum atomic E-state index is -4.36. The van der Waals surface area contributed by atoms with Crippen molar-refractivity contribution in [3.8, 4) is 0 Å². The molecule has 1 amide bonds. The molecule has 12 heteroatoms. The van der Waals surface area contributed by atoms with Crippen LogP contribution in [0.4, 0.5) is 16.2 Å². The van der Waals surface area contributed by atoms with Crippen LogP contribution < -0.4 is 10.6 Å². The highest BCUT2D eigenvalue weighted by Crippen LogP contribution is 2.42. The van der Waals surface area contributed by atoms with Crippen LogP contribution in [0.1, 0.15) is 69.8 Å². The van der Waals surface area contributed by atoms with Gasteiger partial charge >= 0.3 is 12.1 Å². The number of hydrogen-bond donors (Lipinski definition) is 2. The number of carbonyl (C=O) groups is 4. The van der Waals surface area contributed by atoms with Crippen LogP contribution in [0, 0.1) is 5.92 Å². The van der Waals surface area contributed by atoms with Crippen molar-refractivity contribution in [1.82, 2.24) is 0 Å². The summed E-state index contributed by atoms with van der Waals surface area (Å²) < 4.78 is 40.6. The van der Waals surface area contributed by atoms with Crippen molar-refractivity contribution < 1.29 is 37.1 Å². The summed E-state index contributed by atoms with van der Waals surface area (Å²) in [5, 5.41) is 5.36. The van der Waals surface area contributed by atoms with E-state index in [1.807, 2.05) is 0 Å². The number of amidine groups is 1. The highest BCUT2D eigenvalue weighted by atomic mass is 32.2. The Morgan fingerprint density at radius 2 is 1.83 bits per heavy atom. The van der Waals surface area contributed by atoms with Gasteiger partial charge in [-0.15, -0.1) is 4.40 Å². The van der Waals surface area contributed by atoms with E-state index in [1.165, 1.54) is 18.2 Å². The summed E-state index contributed by atoms with van der Waals surface area (Å²) in [5.41, 5.74) is -0.858. The van der Waals surface area contributed by atoms with Crippen LogP contribution in [0.3, 0.4) is 0 Å². The van der Waals surface area contributed by atoms with Crippen molar-refractivity contribution in [2.45, 2.75) is 69.8 Å². The molecule has 2 aliphatic rings. The minimum absolute atomic E-state index is 0.0953. The fourth-order valence-electron chi connectivity index (χ4n) is 5.03. The fraction of sp³-hybridized carbons (Fsp3) is 0.414. The van der Waals surface area contributed by atoms with Gasteiger partial charge in [0.05, 0.1) is 17.7 Å². The summed E-state index contributed by atoms with van der Waals surface area (Å²) in [6, 6.07) is 10.8. The molecule has 1 aliphatic carbocycles. The van der Waals surface area contributed by atoms with E-state index in [0.29, 0.717) is 17.5 Å². The summed E-state index contributed by atoms with van der Waals surface area (Å²) in [4.78, 5) is 51.5. The molecule has 0 fully saturated rings. The minimum Gasteiger partial charge on any atom is -0.466 e. The Morgan fingerprint density at radius 3 is 2.51 bits per heavy atom. The van der Waals surface area contributed by atoms with Gasteiger partial charge in [0.25, 0.3) is 10.0 Å². The quantitative estimate of drug-likeness (QED) is 0.350. The number of esters is 1. The lowest BCUT2D eigenvalue weighted by molar-refractivity contribution is -0.143. The molecule has 2 aromatic rings. The Labute approximate surface area is 238 Å². The molecule has 0 saturated carbocycles. The highest BCUT2D eigenvalue weighted by Gasteiger charge is 2.51. The average molecular weight is 584 g/mol. The molecule has 2 N–H and O–H groups in total. The van der Waals surface area contributed by atoms with Gasteiger partial charge in [-0.3, -0.25) is 19.7 Å². The second kappa shape index (κ2) is 11.1. The highest BCUT2D eigenvalue weighted by molar-refractivity contribution is 7.90. The van der Waals surface area contributed by atoms with E-state index >= 15 is 0 Å². The average Bonchev–Trinajstić information content (AvgIpc) is 2.87. The lowest BCUT2D eigenvalue weighted by Crippen LogP contribution is -2.51. The monoisotopic (exact) mass is 583 g/mol. The zero-order valence-corrected chi connectivity index (χ0v) is 24.4. The van der Waals surface area contributed by atoms with Crippen LogP contribution in [0.2, 0.25) is 0 Å². The zero-order chi connectivity index (χ0) is 30.2. The van der Waals surface area contributed by atoms with Gasteiger partial charge in [-0.25, -0.2) is 4.79 Å².